The first-order valence-corrected chi connectivity index (χ1v) is 5.39. The van der Waals surface area contributed by atoms with Crippen LogP contribution in [0.5, 0.6) is 0 Å². The zero-order chi connectivity index (χ0) is 13.5. The van der Waals surface area contributed by atoms with Crippen LogP contribution in [-0.4, -0.2) is 12.7 Å². The second-order valence-corrected chi connectivity index (χ2v) is 4.91. The number of hydrogen-bond donors (Lipinski definition) is 1. The van der Waals surface area contributed by atoms with Gasteiger partial charge in [-0.1, -0.05) is 19.9 Å². The Morgan fingerprint density at radius 3 is 2.53 bits per heavy atom. The molecule has 7 heteroatoms. The van der Waals surface area contributed by atoms with Crippen LogP contribution < -0.4 is 5.32 Å². The minimum absolute atomic E-state index is 0. The van der Waals surface area contributed by atoms with Gasteiger partial charge in [-0.3, -0.25) is 0 Å². The van der Waals surface area contributed by atoms with Crippen molar-refractivity contribution in [2.75, 3.05) is 6.61 Å². The average molecular weight is 296 g/mol. The van der Waals surface area contributed by atoms with Gasteiger partial charge >= 0.3 is 6.09 Å². The van der Waals surface area contributed by atoms with Crippen molar-refractivity contribution in [1.82, 2.24) is 5.32 Å². The van der Waals surface area contributed by atoms with Crippen molar-refractivity contribution in [1.29, 1.82) is 0 Å². The molecule has 0 spiro atoms. The fourth-order valence-corrected chi connectivity index (χ4v) is 1.95. The first-order chi connectivity index (χ1) is 8.33. The number of alkyl carbamates (subject to hydrolysis) is 1. The summed E-state index contributed by atoms with van der Waals surface area (Å²) >= 11 is 0. The highest BCUT2D eigenvalue weighted by molar-refractivity contribution is 5.85. The quantitative estimate of drug-likeness (QED) is 0.807. The van der Waals surface area contributed by atoms with Crippen LogP contribution >= 0.6 is 12.4 Å². The zero-order valence-corrected chi connectivity index (χ0v) is 11.1. The molecular formula is C12H13ClF3NO2. The van der Waals surface area contributed by atoms with E-state index in [1.54, 1.807) is 13.8 Å². The van der Waals surface area contributed by atoms with Crippen LogP contribution in [0.25, 0.3) is 0 Å². The maximum Gasteiger partial charge on any atom is 0.407 e. The Balaban J connectivity index is 0.00000180. The molecule has 2 rings (SSSR count). The summed E-state index contributed by atoms with van der Waals surface area (Å²) in [6, 6.07) is 1.20. The van der Waals surface area contributed by atoms with Crippen molar-refractivity contribution in [3.8, 4) is 0 Å². The molecule has 1 aromatic carbocycles. The van der Waals surface area contributed by atoms with Gasteiger partial charge in [0, 0.05) is 11.0 Å². The number of rotatable bonds is 1. The second kappa shape index (κ2) is 5.28. The monoisotopic (exact) mass is 295 g/mol. The van der Waals surface area contributed by atoms with Crippen molar-refractivity contribution in [2.45, 2.75) is 19.9 Å². The van der Waals surface area contributed by atoms with Crippen LogP contribution in [0.1, 0.15) is 25.5 Å². The molecule has 0 bridgehead atoms. The highest BCUT2D eigenvalue weighted by Crippen LogP contribution is 2.38. The highest BCUT2D eigenvalue weighted by Gasteiger charge is 2.39. The first-order valence-electron chi connectivity index (χ1n) is 5.39. The molecule has 19 heavy (non-hydrogen) atoms. The molecule has 1 aliphatic heterocycles. The van der Waals surface area contributed by atoms with Crippen LogP contribution in [-0.2, 0) is 4.74 Å². The number of ether oxygens (including phenoxy) is 1. The van der Waals surface area contributed by atoms with Crippen molar-refractivity contribution in [2.24, 2.45) is 5.41 Å². The maximum atomic E-state index is 13.7. The summed E-state index contributed by atoms with van der Waals surface area (Å²) in [5, 5.41) is 2.42. The van der Waals surface area contributed by atoms with Gasteiger partial charge in [-0.15, -0.1) is 12.4 Å². The van der Waals surface area contributed by atoms with Gasteiger partial charge in [-0.2, -0.15) is 0 Å². The first kappa shape index (κ1) is 15.6. The highest BCUT2D eigenvalue weighted by atomic mass is 35.5. The summed E-state index contributed by atoms with van der Waals surface area (Å²) in [6.45, 7) is 3.54. The molecule has 1 heterocycles. The summed E-state index contributed by atoms with van der Waals surface area (Å²) in [5.41, 5.74) is -0.713. The zero-order valence-electron chi connectivity index (χ0n) is 10.3. The minimum atomic E-state index is -1.54. The number of hydrogen-bond acceptors (Lipinski definition) is 2. The molecule has 0 unspecified atom stereocenters. The SMILES string of the molecule is CC1(C)COC(=O)N[C@H]1c1ccc(F)c(F)c1F.Cl. The summed E-state index contributed by atoms with van der Waals surface area (Å²) in [5.74, 6) is -4.08. The van der Waals surface area contributed by atoms with Gasteiger partial charge in [-0.05, 0) is 6.07 Å². The molecule has 0 radical (unpaired) electrons. The third-order valence-electron chi connectivity index (χ3n) is 2.99. The standard InChI is InChI=1S/C12H12F3NO2.ClH/c1-12(2)5-18-11(17)16-10(12)6-3-4-7(13)9(15)8(6)14;/h3-4,10H,5H2,1-2H3,(H,16,17);1H/t10-;/m0./s1. The van der Waals surface area contributed by atoms with Crippen LogP contribution in [0.4, 0.5) is 18.0 Å². The Kier molecular flexibility index (Phi) is 4.35. The molecule has 1 N–H and O–H groups in total. The van der Waals surface area contributed by atoms with E-state index in [2.05, 4.69) is 5.32 Å². The summed E-state index contributed by atoms with van der Waals surface area (Å²) in [4.78, 5) is 11.2. The fourth-order valence-electron chi connectivity index (χ4n) is 1.95. The molecule has 0 saturated carbocycles. The van der Waals surface area contributed by atoms with E-state index in [9.17, 15) is 18.0 Å². The molecule has 0 aromatic heterocycles. The van der Waals surface area contributed by atoms with E-state index in [4.69, 9.17) is 4.74 Å². The van der Waals surface area contributed by atoms with Gasteiger partial charge < -0.3 is 10.1 Å². The topological polar surface area (TPSA) is 38.3 Å². The van der Waals surface area contributed by atoms with Crippen LogP contribution in [0.2, 0.25) is 0 Å². The van der Waals surface area contributed by atoms with E-state index in [0.29, 0.717) is 0 Å². The van der Waals surface area contributed by atoms with Crippen molar-refractivity contribution >= 4 is 18.5 Å². The molecule has 1 atom stereocenters. The third kappa shape index (κ3) is 2.78. The van der Waals surface area contributed by atoms with E-state index in [0.717, 1.165) is 12.1 Å². The minimum Gasteiger partial charge on any atom is -0.449 e. The van der Waals surface area contributed by atoms with Crippen molar-refractivity contribution in [3.63, 3.8) is 0 Å². The van der Waals surface area contributed by atoms with E-state index in [1.165, 1.54) is 0 Å². The Labute approximate surface area is 114 Å². The van der Waals surface area contributed by atoms with Gasteiger partial charge in [0.25, 0.3) is 0 Å². The van der Waals surface area contributed by atoms with Gasteiger partial charge in [0.05, 0.1) is 6.04 Å². The summed E-state index contributed by atoms with van der Waals surface area (Å²) in [7, 11) is 0. The van der Waals surface area contributed by atoms with Crippen LogP contribution in [0.3, 0.4) is 0 Å². The molecule has 1 amide bonds. The van der Waals surface area contributed by atoms with Gasteiger partial charge in [-0.25, -0.2) is 18.0 Å². The molecule has 106 valence electrons. The number of carbonyl (C=O) groups is 1. The summed E-state index contributed by atoms with van der Waals surface area (Å²) < 4.78 is 44.6. The van der Waals surface area contributed by atoms with Crippen molar-refractivity contribution < 1.29 is 22.7 Å². The van der Waals surface area contributed by atoms with Gasteiger partial charge in [0.1, 0.15) is 6.61 Å². The smallest absolute Gasteiger partial charge is 0.407 e. The lowest BCUT2D eigenvalue weighted by molar-refractivity contribution is 0.0375. The van der Waals surface area contributed by atoms with E-state index >= 15 is 0 Å². The molecule has 1 aliphatic rings. The third-order valence-corrected chi connectivity index (χ3v) is 2.99. The maximum absolute atomic E-state index is 13.7. The van der Waals surface area contributed by atoms with Gasteiger partial charge in [0.2, 0.25) is 0 Å². The lowest BCUT2D eigenvalue weighted by Gasteiger charge is -2.38. The summed E-state index contributed by atoms with van der Waals surface area (Å²) in [6.07, 6.45) is -0.705. The Bertz CT molecular complexity index is 508. The molecule has 1 fully saturated rings. The van der Waals surface area contributed by atoms with Gasteiger partial charge in [0.15, 0.2) is 17.5 Å². The number of carbonyl (C=O) groups excluding carboxylic acids is 1. The number of cyclic esters (lactones) is 1. The average Bonchev–Trinajstić information content (AvgIpc) is 2.30. The molecular weight excluding hydrogens is 283 g/mol. The predicted molar refractivity (Wildman–Crippen MR) is 64.6 cm³/mol. The Morgan fingerprint density at radius 1 is 1.26 bits per heavy atom. The number of halogens is 4. The number of nitrogens with one attached hydrogen (secondary N) is 1. The van der Waals surface area contributed by atoms with E-state index < -0.39 is 35.0 Å². The molecule has 3 nitrogen and oxygen atoms in total. The van der Waals surface area contributed by atoms with E-state index in [1.807, 2.05) is 0 Å². The second-order valence-electron chi connectivity index (χ2n) is 4.91. The molecule has 1 saturated heterocycles. The van der Waals surface area contributed by atoms with Crippen LogP contribution in [0, 0.1) is 22.9 Å². The predicted octanol–water partition coefficient (Wildman–Crippen LogP) is 3.33. The number of benzene rings is 1. The normalized spacial score (nSPS) is 21.1. The largest absolute Gasteiger partial charge is 0.449 e. The van der Waals surface area contributed by atoms with Crippen molar-refractivity contribution in [3.05, 3.63) is 35.1 Å². The lowest BCUT2D eigenvalue weighted by Crippen LogP contribution is -2.47. The fraction of sp³-hybridized carbons (Fsp3) is 0.417. The Hall–Kier alpha value is -1.43. The lowest BCUT2D eigenvalue weighted by atomic mass is 9.80. The Morgan fingerprint density at radius 2 is 1.89 bits per heavy atom. The van der Waals surface area contributed by atoms with Crippen LogP contribution in [0.15, 0.2) is 12.1 Å². The molecule has 1 aromatic rings. The molecule has 0 aliphatic carbocycles. The van der Waals surface area contributed by atoms with E-state index in [-0.39, 0.29) is 24.6 Å². The number of amides is 1.